The molecule has 4 atom stereocenters. The SMILES string of the molecule is CCCCC[C@@H]1[C@H](OC(C)=O)[C@@H]2C(Cl)=C(Cl)[C@H]1C2(OC)OC. The van der Waals surface area contributed by atoms with Crippen LogP contribution in [0.4, 0.5) is 0 Å². The van der Waals surface area contributed by atoms with Crippen molar-refractivity contribution < 1.29 is 19.0 Å². The summed E-state index contributed by atoms with van der Waals surface area (Å²) >= 11 is 12.9. The van der Waals surface area contributed by atoms with Gasteiger partial charge in [0.1, 0.15) is 6.10 Å². The first-order valence-electron chi connectivity index (χ1n) is 7.77. The van der Waals surface area contributed by atoms with E-state index in [1.807, 2.05) is 0 Å². The number of carbonyl (C=O) groups excluding carboxylic acids is 1. The van der Waals surface area contributed by atoms with E-state index in [1.165, 1.54) is 6.92 Å². The Balaban J connectivity index is 2.36. The molecular formula is C16H24Cl2O4. The molecule has 0 amide bonds. The molecule has 22 heavy (non-hydrogen) atoms. The number of ether oxygens (including phenoxy) is 3. The molecule has 4 nitrogen and oxygen atoms in total. The van der Waals surface area contributed by atoms with Crippen LogP contribution in [-0.2, 0) is 19.0 Å². The minimum atomic E-state index is -0.939. The third kappa shape index (κ3) is 2.68. The molecule has 0 N–H and O–H groups in total. The molecular weight excluding hydrogens is 327 g/mol. The van der Waals surface area contributed by atoms with E-state index >= 15 is 0 Å². The molecule has 126 valence electrons. The quantitative estimate of drug-likeness (QED) is 0.394. The molecule has 0 aromatic carbocycles. The summed E-state index contributed by atoms with van der Waals surface area (Å²) < 4.78 is 17.0. The summed E-state index contributed by atoms with van der Waals surface area (Å²) in [6, 6.07) is 0. The Hall–Kier alpha value is -0.290. The zero-order chi connectivity index (χ0) is 16.5. The van der Waals surface area contributed by atoms with Crippen LogP contribution in [-0.4, -0.2) is 32.1 Å². The molecule has 2 bridgehead atoms. The molecule has 0 aliphatic heterocycles. The lowest BCUT2D eigenvalue weighted by molar-refractivity contribution is -0.237. The molecule has 0 heterocycles. The highest BCUT2D eigenvalue weighted by Crippen LogP contribution is 2.63. The van der Waals surface area contributed by atoms with Gasteiger partial charge in [-0.25, -0.2) is 0 Å². The number of halogens is 2. The Bertz CT molecular complexity index is 459. The second kappa shape index (κ2) is 7.08. The predicted molar refractivity (Wildman–Crippen MR) is 85.6 cm³/mol. The molecule has 2 rings (SSSR count). The van der Waals surface area contributed by atoms with Crippen molar-refractivity contribution in [3.8, 4) is 0 Å². The Morgan fingerprint density at radius 3 is 2.23 bits per heavy atom. The van der Waals surface area contributed by atoms with Crippen LogP contribution >= 0.6 is 23.2 Å². The molecule has 1 fully saturated rings. The number of fused-ring (bicyclic) bond motifs is 2. The number of unbranched alkanes of at least 4 members (excludes halogenated alkanes) is 2. The maximum atomic E-state index is 11.5. The summed E-state index contributed by atoms with van der Waals surface area (Å²) in [4.78, 5) is 11.5. The lowest BCUT2D eigenvalue weighted by Crippen LogP contribution is -2.42. The first kappa shape index (κ1) is 18.1. The summed E-state index contributed by atoms with van der Waals surface area (Å²) in [5, 5.41) is 1.08. The van der Waals surface area contributed by atoms with Crippen molar-refractivity contribution in [3.05, 3.63) is 10.1 Å². The fourth-order valence-electron chi connectivity index (χ4n) is 4.04. The zero-order valence-electron chi connectivity index (χ0n) is 13.5. The topological polar surface area (TPSA) is 44.8 Å². The van der Waals surface area contributed by atoms with Crippen LogP contribution in [0.3, 0.4) is 0 Å². The first-order valence-corrected chi connectivity index (χ1v) is 8.52. The highest BCUT2D eigenvalue weighted by molar-refractivity contribution is 6.40. The molecule has 2 aliphatic rings. The van der Waals surface area contributed by atoms with Gasteiger partial charge in [-0.3, -0.25) is 4.79 Å². The van der Waals surface area contributed by atoms with Gasteiger partial charge in [0.2, 0.25) is 0 Å². The van der Waals surface area contributed by atoms with Crippen molar-refractivity contribution in [1.82, 2.24) is 0 Å². The van der Waals surface area contributed by atoms with Gasteiger partial charge >= 0.3 is 5.97 Å². The summed E-state index contributed by atoms with van der Waals surface area (Å²) in [5.41, 5.74) is 0. The number of carbonyl (C=O) groups is 1. The van der Waals surface area contributed by atoms with Crippen LogP contribution in [0.1, 0.15) is 39.5 Å². The van der Waals surface area contributed by atoms with Crippen molar-refractivity contribution >= 4 is 29.2 Å². The van der Waals surface area contributed by atoms with E-state index in [1.54, 1.807) is 14.2 Å². The summed E-state index contributed by atoms with van der Waals surface area (Å²) in [7, 11) is 3.17. The highest BCUT2D eigenvalue weighted by Gasteiger charge is 2.69. The van der Waals surface area contributed by atoms with Gasteiger partial charge in [-0.1, -0.05) is 49.4 Å². The molecule has 0 radical (unpaired) electrons. The van der Waals surface area contributed by atoms with Gasteiger partial charge < -0.3 is 14.2 Å². The second-order valence-electron chi connectivity index (χ2n) is 6.01. The smallest absolute Gasteiger partial charge is 0.302 e. The average Bonchev–Trinajstić information content (AvgIpc) is 2.86. The van der Waals surface area contributed by atoms with E-state index < -0.39 is 5.79 Å². The van der Waals surface area contributed by atoms with Gasteiger partial charge in [0, 0.05) is 37.1 Å². The van der Waals surface area contributed by atoms with Gasteiger partial charge in [0.05, 0.1) is 11.8 Å². The minimum Gasteiger partial charge on any atom is -0.461 e. The van der Waals surface area contributed by atoms with E-state index in [4.69, 9.17) is 37.4 Å². The largest absolute Gasteiger partial charge is 0.461 e. The monoisotopic (exact) mass is 350 g/mol. The zero-order valence-corrected chi connectivity index (χ0v) is 15.0. The van der Waals surface area contributed by atoms with Gasteiger partial charge in [-0.15, -0.1) is 0 Å². The van der Waals surface area contributed by atoms with Crippen LogP contribution in [0.5, 0.6) is 0 Å². The number of methoxy groups -OCH3 is 2. The molecule has 0 aromatic heterocycles. The third-order valence-electron chi connectivity index (χ3n) is 4.90. The fourth-order valence-corrected chi connectivity index (χ4v) is 4.86. The molecule has 0 spiro atoms. The average molecular weight is 351 g/mol. The predicted octanol–water partition coefficient (Wildman–Crippen LogP) is 4.05. The van der Waals surface area contributed by atoms with Crippen molar-refractivity contribution in [2.24, 2.45) is 17.8 Å². The first-order chi connectivity index (χ1) is 10.4. The Kier molecular flexibility index (Phi) is 5.81. The van der Waals surface area contributed by atoms with Gasteiger partial charge in [-0.05, 0) is 6.42 Å². The number of esters is 1. The maximum absolute atomic E-state index is 11.5. The van der Waals surface area contributed by atoms with Crippen LogP contribution in [0.15, 0.2) is 10.1 Å². The molecule has 2 aliphatic carbocycles. The van der Waals surface area contributed by atoms with E-state index in [2.05, 4.69) is 6.92 Å². The number of hydrogen-bond donors (Lipinski definition) is 0. The van der Waals surface area contributed by atoms with Crippen LogP contribution < -0.4 is 0 Å². The Morgan fingerprint density at radius 1 is 1.14 bits per heavy atom. The minimum absolute atomic E-state index is 0.0651. The standard InChI is InChI=1S/C16H24Cl2O4/c1-5-6-7-8-10-11-13(17)14(18)12(15(10)22-9(2)19)16(11,20-3)21-4/h10-12,15H,5-8H2,1-4H3/t10-,11-,12-,15-/m0/s1. The normalized spacial score (nSPS) is 32.6. The van der Waals surface area contributed by atoms with Gasteiger partial charge in [0.15, 0.2) is 5.79 Å². The Labute approximate surface area is 142 Å². The van der Waals surface area contributed by atoms with E-state index in [0.29, 0.717) is 10.1 Å². The van der Waals surface area contributed by atoms with Crippen molar-refractivity contribution in [2.45, 2.75) is 51.4 Å². The fraction of sp³-hybridized carbons (Fsp3) is 0.812. The molecule has 0 saturated heterocycles. The second-order valence-corrected chi connectivity index (χ2v) is 6.83. The third-order valence-corrected chi connectivity index (χ3v) is 5.88. The molecule has 1 saturated carbocycles. The van der Waals surface area contributed by atoms with E-state index in [9.17, 15) is 4.79 Å². The van der Waals surface area contributed by atoms with Gasteiger partial charge in [-0.2, -0.15) is 0 Å². The summed E-state index contributed by atoms with van der Waals surface area (Å²) in [6.07, 6.45) is 3.86. The summed E-state index contributed by atoms with van der Waals surface area (Å²) in [5.74, 6) is -1.75. The van der Waals surface area contributed by atoms with Crippen LogP contribution in [0.2, 0.25) is 0 Å². The van der Waals surface area contributed by atoms with Gasteiger partial charge in [0.25, 0.3) is 0 Å². The Morgan fingerprint density at radius 2 is 1.73 bits per heavy atom. The highest BCUT2D eigenvalue weighted by atomic mass is 35.5. The van der Waals surface area contributed by atoms with Crippen molar-refractivity contribution in [2.75, 3.05) is 14.2 Å². The lowest BCUT2D eigenvalue weighted by Gasteiger charge is -2.32. The molecule has 0 aromatic rings. The van der Waals surface area contributed by atoms with E-state index in [-0.39, 0.29) is 29.8 Å². The molecule has 0 unspecified atom stereocenters. The van der Waals surface area contributed by atoms with Crippen LogP contribution in [0.25, 0.3) is 0 Å². The van der Waals surface area contributed by atoms with E-state index in [0.717, 1.165) is 25.7 Å². The maximum Gasteiger partial charge on any atom is 0.302 e. The molecule has 6 heteroatoms. The lowest BCUT2D eigenvalue weighted by atomic mass is 9.85. The number of rotatable bonds is 7. The number of hydrogen-bond acceptors (Lipinski definition) is 4. The van der Waals surface area contributed by atoms with Crippen molar-refractivity contribution in [3.63, 3.8) is 0 Å². The van der Waals surface area contributed by atoms with Crippen LogP contribution in [0, 0.1) is 17.8 Å². The summed E-state index contributed by atoms with van der Waals surface area (Å²) in [6.45, 7) is 3.57. The van der Waals surface area contributed by atoms with Crippen molar-refractivity contribution in [1.29, 1.82) is 0 Å².